The molecule has 0 N–H and O–H groups in total. The van der Waals surface area contributed by atoms with Gasteiger partial charge in [0.1, 0.15) is 0 Å². The van der Waals surface area contributed by atoms with E-state index in [-0.39, 0.29) is 0 Å². The molecule has 0 aromatic heterocycles. The van der Waals surface area contributed by atoms with E-state index in [4.69, 9.17) is 19.5 Å². The maximum Gasteiger partial charge on any atom is 0.0701 e. The highest BCUT2D eigenvalue weighted by Gasteiger charge is 2.05. The smallest absolute Gasteiger partial charge is 0.0701 e. The Morgan fingerprint density at radius 1 is 0.952 bits per heavy atom. The van der Waals surface area contributed by atoms with Crippen molar-refractivity contribution in [1.82, 2.24) is 0 Å². The molecule has 0 saturated carbocycles. The summed E-state index contributed by atoms with van der Waals surface area (Å²) in [6.45, 7) is 4.46. The third-order valence-electron chi connectivity index (χ3n) is 2.92. The van der Waals surface area contributed by atoms with Crippen molar-refractivity contribution < 1.29 is 14.2 Å². The predicted octanol–water partition coefficient (Wildman–Crippen LogP) is 2.09. The summed E-state index contributed by atoms with van der Waals surface area (Å²) >= 11 is 0. The van der Waals surface area contributed by atoms with E-state index in [9.17, 15) is 0 Å². The van der Waals surface area contributed by atoms with Gasteiger partial charge in [-0.25, -0.2) is 0 Å². The second-order valence-electron chi connectivity index (χ2n) is 4.45. The highest BCUT2D eigenvalue weighted by atomic mass is 16.5. The predicted molar refractivity (Wildman–Crippen MR) is 82.4 cm³/mol. The average molecular weight is 292 g/mol. The molecule has 0 heterocycles. The molecule has 5 heteroatoms. The Bertz CT molecular complexity index is 392. The van der Waals surface area contributed by atoms with Crippen molar-refractivity contribution in [2.45, 2.75) is 6.42 Å². The second-order valence-corrected chi connectivity index (χ2v) is 4.45. The Labute approximate surface area is 127 Å². The molecule has 0 aliphatic rings. The van der Waals surface area contributed by atoms with Crippen LogP contribution in [0.5, 0.6) is 0 Å². The van der Waals surface area contributed by atoms with Crippen molar-refractivity contribution in [3.63, 3.8) is 0 Å². The van der Waals surface area contributed by atoms with Gasteiger partial charge in [0, 0.05) is 25.9 Å². The van der Waals surface area contributed by atoms with Crippen molar-refractivity contribution in [1.29, 1.82) is 5.26 Å². The Hall–Kier alpha value is -1.61. The van der Waals surface area contributed by atoms with E-state index in [1.54, 1.807) is 7.11 Å². The van der Waals surface area contributed by atoms with E-state index < -0.39 is 0 Å². The van der Waals surface area contributed by atoms with E-state index in [0.717, 1.165) is 12.2 Å². The van der Waals surface area contributed by atoms with E-state index >= 15 is 0 Å². The lowest BCUT2D eigenvalue weighted by Crippen LogP contribution is -2.28. The van der Waals surface area contributed by atoms with Gasteiger partial charge in [0.15, 0.2) is 0 Å². The van der Waals surface area contributed by atoms with Crippen LogP contribution in [0, 0.1) is 11.3 Å². The van der Waals surface area contributed by atoms with Crippen molar-refractivity contribution in [2.75, 3.05) is 58.1 Å². The summed E-state index contributed by atoms with van der Waals surface area (Å²) in [5.41, 5.74) is 1.12. The first kappa shape index (κ1) is 17.4. The van der Waals surface area contributed by atoms with Crippen LogP contribution in [-0.4, -0.2) is 53.2 Å². The van der Waals surface area contributed by atoms with Crippen LogP contribution in [0.4, 0.5) is 5.69 Å². The molecule has 0 unspecified atom stereocenters. The zero-order valence-electron chi connectivity index (χ0n) is 12.7. The monoisotopic (exact) mass is 292 g/mol. The van der Waals surface area contributed by atoms with Crippen molar-refractivity contribution in [3.05, 3.63) is 30.3 Å². The van der Waals surface area contributed by atoms with Crippen LogP contribution < -0.4 is 4.90 Å². The minimum atomic E-state index is 0.509. The van der Waals surface area contributed by atoms with Crippen LogP contribution >= 0.6 is 0 Å². The van der Waals surface area contributed by atoms with Gasteiger partial charge in [-0.3, -0.25) is 0 Å². The van der Waals surface area contributed by atoms with E-state index in [2.05, 4.69) is 11.0 Å². The van der Waals surface area contributed by atoms with Crippen LogP contribution in [0.15, 0.2) is 30.3 Å². The average Bonchev–Trinajstić information content (AvgIpc) is 2.53. The van der Waals surface area contributed by atoms with Crippen LogP contribution in [-0.2, 0) is 14.2 Å². The fraction of sp³-hybridized carbons (Fsp3) is 0.562. The third kappa shape index (κ3) is 8.30. The molecule has 0 amide bonds. The number of hydrogen-bond acceptors (Lipinski definition) is 5. The minimum Gasteiger partial charge on any atom is -0.382 e. The van der Waals surface area contributed by atoms with Crippen LogP contribution in [0.1, 0.15) is 6.42 Å². The van der Waals surface area contributed by atoms with Gasteiger partial charge in [0.2, 0.25) is 0 Å². The number of anilines is 1. The Morgan fingerprint density at radius 3 is 2.29 bits per heavy atom. The highest BCUT2D eigenvalue weighted by Crippen LogP contribution is 2.13. The topological polar surface area (TPSA) is 54.7 Å². The molecule has 0 bridgehead atoms. The summed E-state index contributed by atoms with van der Waals surface area (Å²) in [4.78, 5) is 2.16. The van der Waals surface area contributed by atoms with Gasteiger partial charge in [-0.15, -0.1) is 0 Å². The molecule has 0 radical (unpaired) electrons. The SMILES string of the molecule is COCCOCCOCCN(CCC#N)c1ccccc1. The number of nitrogens with zero attached hydrogens (tertiary/aromatic N) is 2. The van der Waals surface area contributed by atoms with Crippen LogP contribution in [0.3, 0.4) is 0 Å². The van der Waals surface area contributed by atoms with E-state index in [1.807, 2.05) is 30.3 Å². The van der Waals surface area contributed by atoms with Crippen molar-refractivity contribution in [2.24, 2.45) is 0 Å². The summed E-state index contributed by atoms with van der Waals surface area (Å²) < 4.78 is 15.8. The van der Waals surface area contributed by atoms with Gasteiger partial charge in [-0.2, -0.15) is 5.26 Å². The number of ether oxygens (including phenoxy) is 3. The highest BCUT2D eigenvalue weighted by molar-refractivity contribution is 5.45. The molecule has 5 nitrogen and oxygen atoms in total. The summed E-state index contributed by atoms with van der Waals surface area (Å²) in [6.07, 6.45) is 0.509. The summed E-state index contributed by atoms with van der Waals surface area (Å²) in [6, 6.07) is 12.3. The number of para-hydroxylation sites is 1. The zero-order chi connectivity index (χ0) is 15.2. The number of rotatable bonds is 12. The lowest BCUT2D eigenvalue weighted by Gasteiger charge is -2.23. The quantitative estimate of drug-likeness (QED) is 0.552. The minimum absolute atomic E-state index is 0.509. The molecule has 1 aromatic carbocycles. The first-order chi connectivity index (χ1) is 10.4. The lowest BCUT2D eigenvalue weighted by molar-refractivity contribution is 0.0265. The molecular formula is C16H24N2O3. The van der Waals surface area contributed by atoms with Crippen LogP contribution in [0.2, 0.25) is 0 Å². The maximum atomic E-state index is 8.74. The summed E-state index contributed by atoms with van der Waals surface area (Å²) in [7, 11) is 1.65. The first-order valence-electron chi connectivity index (χ1n) is 7.20. The number of methoxy groups -OCH3 is 1. The Kier molecular flexibility index (Phi) is 10.1. The molecule has 0 spiro atoms. The molecule has 1 rings (SSSR count). The summed E-state index contributed by atoms with van der Waals surface area (Å²) in [5.74, 6) is 0. The lowest BCUT2D eigenvalue weighted by atomic mass is 10.2. The van der Waals surface area contributed by atoms with E-state index in [0.29, 0.717) is 46.0 Å². The molecule has 0 saturated heterocycles. The fourth-order valence-electron chi connectivity index (χ4n) is 1.83. The zero-order valence-corrected chi connectivity index (χ0v) is 12.7. The van der Waals surface area contributed by atoms with Gasteiger partial charge >= 0.3 is 0 Å². The van der Waals surface area contributed by atoms with E-state index in [1.165, 1.54) is 0 Å². The van der Waals surface area contributed by atoms with Gasteiger partial charge in [0.05, 0.1) is 45.5 Å². The van der Waals surface area contributed by atoms with Gasteiger partial charge in [-0.05, 0) is 12.1 Å². The van der Waals surface area contributed by atoms with Crippen LogP contribution in [0.25, 0.3) is 0 Å². The number of benzene rings is 1. The van der Waals surface area contributed by atoms with Gasteiger partial charge < -0.3 is 19.1 Å². The molecule has 1 aromatic rings. The third-order valence-corrected chi connectivity index (χ3v) is 2.92. The Morgan fingerprint density at radius 2 is 1.62 bits per heavy atom. The maximum absolute atomic E-state index is 8.74. The first-order valence-corrected chi connectivity index (χ1v) is 7.20. The summed E-state index contributed by atoms with van der Waals surface area (Å²) in [5, 5.41) is 8.74. The molecule has 0 fully saturated rings. The Balaban J connectivity index is 2.20. The molecule has 0 atom stereocenters. The molecular weight excluding hydrogens is 268 g/mol. The van der Waals surface area contributed by atoms with Crippen molar-refractivity contribution in [3.8, 4) is 6.07 Å². The van der Waals surface area contributed by atoms with Gasteiger partial charge in [0.25, 0.3) is 0 Å². The molecule has 0 aliphatic carbocycles. The standard InChI is InChI=1S/C16H24N2O3/c1-19-12-13-21-15-14-20-11-10-18(9-5-8-17)16-6-3-2-4-7-16/h2-4,6-7H,5,9-15H2,1H3. The molecule has 0 aliphatic heterocycles. The fourth-order valence-corrected chi connectivity index (χ4v) is 1.83. The second kappa shape index (κ2) is 12.2. The number of hydrogen-bond donors (Lipinski definition) is 0. The van der Waals surface area contributed by atoms with Gasteiger partial charge in [-0.1, -0.05) is 18.2 Å². The van der Waals surface area contributed by atoms with Crippen molar-refractivity contribution >= 4 is 5.69 Å². The normalized spacial score (nSPS) is 10.3. The molecule has 21 heavy (non-hydrogen) atoms. The largest absolute Gasteiger partial charge is 0.382 e. The number of nitriles is 1. The molecule has 116 valence electrons.